The van der Waals surface area contributed by atoms with Crippen molar-refractivity contribution in [3.05, 3.63) is 94.6 Å². The maximum Gasteiger partial charge on any atom is 0.131 e. The number of nitrogens with one attached hydrogen (secondary N) is 1. The average Bonchev–Trinajstić information content (AvgIpc) is 2.80. The van der Waals surface area contributed by atoms with Gasteiger partial charge in [0.25, 0.3) is 0 Å². The molecule has 0 heterocycles. The zero-order chi connectivity index (χ0) is 25.6. The first-order valence-electron chi connectivity index (χ1n) is 12.6. The summed E-state index contributed by atoms with van der Waals surface area (Å²) in [5.41, 5.74) is 7.58. The van der Waals surface area contributed by atoms with Crippen LogP contribution in [-0.4, -0.2) is 18.0 Å². The normalized spacial score (nSPS) is 20.8. The van der Waals surface area contributed by atoms with Crippen molar-refractivity contribution in [2.24, 2.45) is 11.3 Å². The molecule has 1 aromatic rings. The lowest BCUT2D eigenvalue weighted by atomic mass is 9.62. The van der Waals surface area contributed by atoms with E-state index in [4.69, 9.17) is 0 Å². The third-order valence-electron chi connectivity index (χ3n) is 7.63. The van der Waals surface area contributed by atoms with E-state index < -0.39 is 0 Å². The van der Waals surface area contributed by atoms with E-state index >= 15 is 0 Å². The monoisotopic (exact) mass is 464 g/mol. The van der Waals surface area contributed by atoms with Gasteiger partial charge in [-0.2, -0.15) is 0 Å². The van der Waals surface area contributed by atoms with E-state index in [1.165, 1.54) is 19.3 Å². The van der Waals surface area contributed by atoms with Crippen LogP contribution in [0.5, 0.6) is 0 Å². The van der Waals surface area contributed by atoms with E-state index in [-0.39, 0.29) is 5.82 Å². The molecule has 0 atom stereocenters. The summed E-state index contributed by atoms with van der Waals surface area (Å²) in [7, 11) is 0. The van der Waals surface area contributed by atoms with Gasteiger partial charge in [-0.05, 0) is 86.6 Å². The molecule has 3 heteroatoms. The van der Waals surface area contributed by atoms with Crippen LogP contribution in [0.1, 0.15) is 71.9 Å². The zero-order valence-electron chi connectivity index (χ0n) is 22.6. The number of hydrogen-bond donors (Lipinski definition) is 1. The summed E-state index contributed by atoms with van der Waals surface area (Å²) in [6, 6.07) is 5.46. The molecule has 1 aliphatic carbocycles. The summed E-state index contributed by atoms with van der Waals surface area (Å²) < 4.78 is 14.4. The molecule has 0 aliphatic heterocycles. The van der Waals surface area contributed by atoms with E-state index in [1.54, 1.807) is 19.1 Å². The summed E-state index contributed by atoms with van der Waals surface area (Å²) in [6.45, 7) is 30.3. The van der Waals surface area contributed by atoms with Crippen LogP contribution in [0.3, 0.4) is 0 Å². The Kier molecular flexibility index (Phi) is 9.55. The smallest absolute Gasteiger partial charge is 0.131 e. The molecule has 0 radical (unpaired) electrons. The molecule has 0 amide bonds. The fourth-order valence-corrected chi connectivity index (χ4v) is 5.17. The third kappa shape index (κ3) is 6.31. The van der Waals surface area contributed by atoms with Gasteiger partial charge in [0, 0.05) is 36.6 Å². The van der Waals surface area contributed by atoms with Crippen LogP contribution in [0.15, 0.2) is 77.7 Å². The zero-order valence-corrected chi connectivity index (χ0v) is 22.6. The summed E-state index contributed by atoms with van der Waals surface area (Å²) in [5, 5.41) is 3.29. The van der Waals surface area contributed by atoms with Crippen molar-refractivity contribution >= 4 is 0 Å². The van der Waals surface area contributed by atoms with Crippen LogP contribution < -0.4 is 5.32 Å². The maximum atomic E-state index is 14.4. The van der Waals surface area contributed by atoms with Crippen molar-refractivity contribution in [1.82, 2.24) is 10.2 Å². The predicted molar refractivity (Wildman–Crippen MR) is 146 cm³/mol. The summed E-state index contributed by atoms with van der Waals surface area (Å²) in [5.74, 6) is 0.705. The molecule has 0 unspecified atom stereocenters. The van der Waals surface area contributed by atoms with Crippen LogP contribution in [0.2, 0.25) is 0 Å². The largest absolute Gasteiger partial charge is 0.381 e. The highest BCUT2D eigenvalue weighted by Gasteiger charge is 2.40. The van der Waals surface area contributed by atoms with Gasteiger partial charge < -0.3 is 10.2 Å². The maximum absolute atomic E-state index is 14.4. The van der Waals surface area contributed by atoms with Crippen LogP contribution in [0, 0.1) is 24.1 Å². The molecule has 1 N–H and O–H groups in total. The fraction of sp³-hybridized carbons (Fsp3) is 0.484. The van der Waals surface area contributed by atoms with Crippen molar-refractivity contribution in [3.63, 3.8) is 0 Å². The Morgan fingerprint density at radius 1 is 1.18 bits per heavy atom. The molecule has 1 saturated carbocycles. The van der Waals surface area contributed by atoms with E-state index in [0.717, 1.165) is 52.7 Å². The Hall–Kier alpha value is -2.55. The number of halogens is 1. The number of benzene rings is 1. The van der Waals surface area contributed by atoms with Crippen LogP contribution in [0.4, 0.5) is 4.39 Å². The molecule has 0 bridgehead atoms. The van der Waals surface area contributed by atoms with Crippen LogP contribution in [0.25, 0.3) is 0 Å². The van der Waals surface area contributed by atoms with Crippen molar-refractivity contribution < 1.29 is 4.39 Å². The number of hydrogen-bond acceptors (Lipinski definition) is 2. The second kappa shape index (κ2) is 11.7. The first-order chi connectivity index (χ1) is 16.0. The Balaban J connectivity index is 2.11. The van der Waals surface area contributed by atoms with Gasteiger partial charge in [0.05, 0.1) is 0 Å². The highest BCUT2D eigenvalue weighted by atomic mass is 19.1. The minimum atomic E-state index is -0.169. The van der Waals surface area contributed by atoms with E-state index in [0.29, 0.717) is 23.1 Å². The highest BCUT2D eigenvalue weighted by molar-refractivity contribution is 5.55. The Labute approximate surface area is 208 Å². The second-order valence-corrected chi connectivity index (χ2v) is 10.3. The molecule has 2 nitrogen and oxygen atoms in total. The molecular formula is C31H45FN2. The van der Waals surface area contributed by atoms with Gasteiger partial charge in [-0.3, -0.25) is 0 Å². The van der Waals surface area contributed by atoms with E-state index in [2.05, 4.69) is 64.6 Å². The Bertz CT molecular complexity index is 989. The van der Waals surface area contributed by atoms with Crippen molar-refractivity contribution in [2.75, 3.05) is 13.1 Å². The minimum absolute atomic E-state index is 0.169. The number of nitrogens with zero attached hydrogens (tertiary/aromatic N) is 1. The van der Waals surface area contributed by atoms with Gasteiger partial charge >= 0.3 is 0 Å². The molecule has 1 aliphatic rings. The second-order valence-electron chi connectivity index (χ2n) is 10.3. The van der Waals surface area contributed by atoms with E-state index in [1.807, 2.05) is 19.1 Å². The number of allylic oxidation sites excluding steroid dienone is 4. The Morgan fingerprint density at radius 3 is 2.38 bits per heavy atom. The van der Waals surface area contributed by atoms with Gasteiger partial charge in [0.15, 0.2) is 0 Å². The molecule has 1 fully saturated rings. The lowest BCUT2D eigenvalue weighted by Gasteiger charge is -2.48. The Morgan fingerprint density at radius 2 is 1.82 bits per heavy atom. The molecule has 186 valence electrons. The molecule has 0 saturated heterocycles. The molecular weight excluding hydrogens is 419 g/mol. The van der Waals surface area contributed by atoms with Crippen molar-refractivity contribution in [3.8, 4) is 0 Å². The number of rotatable bonds is 12. The van der Waals surface area contributed by atoms with Crippen molar-refractivity contribution in [1.29, 1.82) is 0 Å². The number of aryl methyl sites for hydroxylation is 1. The van der Waals surface area contributed by atoms with Crippen LogP contribution in [-0.2, 0) is 6.54 Å². The fourth-order valence-electron chi connectivity index (χ4n) is 5.17. The SMILES string of the molecule is C=C(NCc1cccc(C)c1F)/C(=C/C)C(=C)/C(C)=C(\C)C(=C)N(CC)CC1(C)CC(CC)C1. The quantitative estimate of drug-likeness (QED) is 0.313. The molecule has 0 spiro atoms. The van der Waals surface area contributed by atoms with Gasteiger partial charge in [0.1, 0.15) is 5.82 Å². The van der Waals surface area contributed by atoms with Gasteiger partial charge in [-0.1, -0.05) is 64.3 Å². The highest BCUT2D eigenvalue weighted by Crippen LogP contribution is 2.47. The van der Waals surface area contributed by atoms with Gasteiger partial charge in [-0.15, -0.1) is 0 Å². The topological polar surface area (TPSA) is 15.3 Å². The molecule has 34 heavy (non-hydrogen) atoms. The van der Waals surface area contributed by atoms with Crippen LogP contribution >= 0.6 is 0 Å². The molecule has 1 aromatic carbocycles. The summed E-state index contributed by atoms with van der Waals surface area (Å²) in [6.07, 6.45) is 5.90. The lowest BCUT2D eigenvalue weighted by molar-refractivity contribution is 0.0412. The molecule has 0 aromatic heterocycles. The van der Waals surface area contributed by atoms with E-state index in [9.17, 15) is 4.39 Å². The lowest BCUT2D eigenvalue weighted by Crippen LogP contribution is -2.44. The van der Waals surface area contributed by atoms with Crippen molar-refractivity contribution in [2.45, 2.75) is 74.3 Å². The summed E-state index contributed by atoms with van der Waals surface area (Å²) in [4.78, 5) is 2.42. The predicted octanol–water partition coefficient (Wildman–Crippen LogP) is 8.24. The van der Waals surface area contributed by atoms with Gasteiger partial charge in [0.2, 0.25) is 0 Å². The first kappa shape index (κ1) is 27.7. The number of likely N-dealkylation sites (N-methyl/N-ethyl adjacent to an activating group) is 1. The average molecular weight is 465 g/mol. The molecule has 2 rings (SSSR count). The summed E-state index contributed by atoms with van der Waals surface area (Å²) >= 11 is 0. The minimum Gasteiger partial charge on any atom is -0.381 e. The first-order valence-corrected chi connectivity index (χ1v) is 12.6. The van der Waals surface area contributed by atoms with Gasteiger partial charge in [-0.25, -0.2) is 4.39 Å². The standard InChI is InChI=1S/C31H45FN2/c1-11-27-17-31(10,18-27)20-34(13-3)26(9)23(6)22(5)24(7)29(12-2)25(8)33-19-28-16-14-15-21(4)30(28)32/h12,14-16,27,33H,7-9,11,13,17-20H2,1-6,10H3/b23-22+,29-12+. The third-order valence-corrected chi connectivity index (χ3v) is 7.63.